The number of carbonyl (C=O) groups excluding carboxylic acids is 2. The smallest absolute Gasteiger partial charge is 0.251 e. The van der Waals surface area contributed by atoms with Gasteiger partial charge >= 0.3 is 0 Å². The third-order valence-corrected chi connectivity index (χ3v) is 4.49. The second kappa shape index (κ2) is 6.80. The third-order valence-electron chi connectivity index (χ3n) is 3.56. The number of para-hydroxylation sites is 1. The van der Waals surface area contributed by atoms with Crippen molar-refractivity contribution in [2.45, 2.75) is 13.8 Å². The minimum absolute atomic E-state index is 0.0956. The van der Waals surface area contributed by atoms with Gasteiger partial charge < -0.3 is 10.6 Å². The topological polar surface area (TPSA) is 71.1 Å². The number of rotatable bonds is 4. The Morgan fingerprint density at radius 2 is 1.92 bits per heavy atom. The first-order valence-corrected chi connectivity index (χ1v) is 8.35. The van der Waals surface area contributed by atoms with Gasteiger partial charge in [0, 0.05) is 5.56 Å². The second-order valence-corrected chi connectivity index (χ2v) is 6.57. The largest absolute Gasteiger partial charge is 0.343 e. The van der Waals surface area contributed by atoms with Crippen molar-refractivity contribution in [2.24, 2.45) is 0 Å². The fourth-order valence-electron chi connectivity index (χ4n) is 2.35. The first-order chi connectivity index (χ1) is 11.5. The molecule has 5 nitrogen and oxygen atoms in total. The Kier molecular flexibility index (Phi) is 4.57. The third kappa shape index (κ3) is 3.60. The van der Waals surface area contributed by atoms with Gasteiger partial charge in [0.15, 0.2) is 5.13 Å². The fraction of sp³-hybridized carbons (Fsp3) is 0.167. The number of hydrogen-bond donors (Lipinski definition) is 2. The molecule has 1 aromatic heterocycles. The summed E-state index contributed by atoms with van der Waals surface area (Å²) in [4.78, 5) is 28.5. The van der Waals surface area contributed by atoms with Gasteiger partial charge in [-0.05, 0) is 37.6 Å². The summed E-state index contributed by atoms with van der Waals surface area (Å²) in [5, 5.41) is 5.88. The lowest BCUT2D eigenvalue weighted by atomic mass is 10.1. The molecule has 24 heavy (non-hydrogen) atoms. The molecule has 0 saturated carbocycles. The molecule has 0 aliphatic carbocycles. The van der Waals surface area contributed by atoms with Crippen molar-refractivity contribution in [1.82, 2.24) is 10.3 Å². The molecule has 0 spiro atoms. The zero-order valence-corrected chi connectivity index (χ0v) is 14.2. The van der Waals surface area contributed by atoms with Crippen LogP contribution >= 0.6 is 11.3 Å². The van der Waals surface area contributed by atoms with E-state index < -0.39 is 0 Å². The Hall–Kier alpha value is -2.73. The Balaban J connectivity index is 1.61. The monoisotopic (exact) mass is 339 g/mol. The van der Waals surface area contributed by atoms with E-state index in [2.05, 4.69) is 15.6 Å². The standard InChI is InChI=1S/C18H17N3O2S/c1-11-5-3-7-13(9-11)17(23)19-10-15(22)20-18-21-16-12(2)6-4-8-14(16)24-18/h3-9H,10H2,1-2H3,(H,19,23)(H,20,21,22). The Bertz CT molecular complexity index is 918. The van der Waals surface area contributed by atoms with Gasteiger partial charge in [-0.1, -0.05) is 41.2 Å². The number of aryl methyl sites for hydroxylation is 2. The van der Waals surface area contributed by atoms with Crippen LogP contribution in [0.25, 0.3) is 10.2 Å². The zero-order chi connectivity index (χ0) is 17.1. The molecule has 0 radical (unpaired) electrons. The molecule has 1 heterocycles. The van der Waals surface area contributed by atoms with Crippen LogP contribution in [0.2, 0.25) is 0 Å². The van der Waals surface area contributed by atoms with Crippen molar-refractivity contribution < 1.29 is 9.59 Å². The van der Waals surface area contributed by atoms with E-state index in [0.717, 1.165) is 21.3 Å². The molecule has 0 atom stereocenters. The van der Waals surface area contributed by atoms with Crippen molar-refractivity contribution in [3.8, 4) is 0 Å². The van der Waals surface area contributed by atoms with E-state index in [-0.39, 0.29) is 18.4 Å². The molecule has 0 aliphatic heterocycles. The maximum Gasteiger partial charge on any atom is 0.251 e. The molecule has 2 N–H and O–H groups in total. The summed E-state index contributed by atoms with van der Waals surface area (Å²) >= 11 is 1.42. The summed E-state index contributed by atoms with van der Waals surface area (Å²) in [5.74, 6) is -0.568. The first kappa shape index (κ1) is 16.1. The quantitative estimate of drug-likeness (QED) is 0.766. The van der Waals surface area contributed by atoms with Crippen LogP contribution in [0.1, 0.15) is 21.5 Å². The molecule has 0 bridgehead atoms. The van der Waals surface area contributed by atoms with Crippen molar-refractivity contribution >= 4 is 38.5 Å². The van der Waals surface area contributed by atoms with Crippen molar-refractivity contribution in [3.63, 3.8) is 0 Å². The van der Waals surface area contributed by atoms with Gasteiger partial charge in [-0.3, -0.25) is 9.59 Å². The molecular formula is C18H17N3O2S. The molecule has 2 aromatic carbocycles. The number of thiazole rings is 1. The van der Waals surface area contributed by atoms with Gasteiger partial charge in [0.05, 0.1) is 16.8 Å². The number of benzene rings is 2. The number of nitrogens with zero attached hydrogens (tertiary/aromatic N) is 1. The molecule has 122 valence electrons. The minimum Gasteiger partial charge on any atom is -0.343 e. The van der Waals surface area contributed by atoms with Gasteiger partial charge in [-0.2, -0.15) is 0 Å². The van der Waals surface area contributed by atoms with E-state index in [4.69, 9.17) is 0 Å². The first-order valence-electron chi connectivity index (χ1n) is 7.54. The highest BCUT2D eigenvalue weighted by Crippen LogP contribution is 2.27. The summed E-state index contributed by atoms with van der Waals surface area (Å²) in [6.07, 6.45) is 0. The van der Waals surface area contributed by atoms with Crippen LogP contribution in [0.3, 0.4) is 0 Å². The fourth-order valence-corrected chi connectivity index (χ4v) is 3.31. The molecule has 3 aromatic rings. The van der Waals surface area contributed by atoms with Gasteiger partial charge in [-0.15, -0.1) is 0 Å². The van der Waals surface area contributed by atoms with E-state index in [0.29, 0.717) is 10.7 Å². The van der Waals surface area contributed by atoms with E-state index in [1.165, 1.54) is 11.3 Å². The summed E-state index contributed by atoms with van der Waals surface area (Å²) in [7, 11) is 0. The van der Waals surface area contributed by atoms with Crippen LogP contribution in [0.4, 0.5) is 5.13 Å². The molecule has 0 unspecified atom stereocenters. The summed E-state index contributed by atoms with van der Waals surface area (Å²) < 4.78 is 1.02. The zero-order valence-electron chi connectivity index (χ0n) is 13.4. The van der Waals surface area contributed by atoms with Crippen LogP contribution in [0, 0.1) is 13.8 Å². The SMILES string of the molecule is Cc1cccc(C(=O)NCC(=O)Nc2nc3c(C)cccc3s2)c1. The molecule has 0 aliphatic rings. The van der Waals surface area contributed by atoms with Crippen LogP contribution in [0.15, 0.2) is 42.5 Å². The lowest BCUT2D eigenvalue weighted by molar-refractivity contribution is -0.115. The van der Waals surface area contributed by atoms with Crippen LogP contribution < -0.4 is 10.6 Å². The molecule has 3 rings (SSSR count). The minimum atomic E-state index is -0.298. The van der Waals surface area contributed by atoms with Gasteiger partial charge in [-0.25, -0.2) is 4.98 Å². The van der Waals surface area contributed by atoms with Crippen LogP contribution in [0.5, 0.6) is 0 Å². The molecule has 0 fully saturated rings. The van der Waals surface area contributed by atoms with Gasteiger partial charge in [0.1, 0.15) is 0 Å². The number of hydrogen-bond acceptors (Lipinski definition) is 4. The van der Waals surface area contributed by atoms with Crippen molar-refractivity contribution in [2.75, 3.05) is 11.9 Å². The Labute approximate surface area is 143 Å². The molecule has 2 amide bonds. The second-order valence-electron chi connectivity index (χ2n) is 5.54. The highest BCUT2D eigenvalue weighted by atomic mass is 32.1. The number of aromatic nitrogens is 1. The highest BCUT2D eigenvalue weighted by molar-refractivity contribution is 7.22. The summed E-state index contributed by atoms with van der Waals surface area (Å²) in [6.45, 7) is 3.80. The predicted molar refractivity (Wildman–Crippen MR) is 96.5 cm³/mol. The number of nitrogens with one attached hydrogen (secondary N) is 2. The van der Waals surface area contributed by atoms with Gasteiger partial charge in [0.25, 0.3) is 5.91 Å². The van der Waals surface area contributed by atoms with E-state index in [1.807, 2.05) is 44.2 Å². The van der Waals surface area contributed by atoms with Crippen LogP contribution in [-0.4, -0.2) is 23.3 Å². The average molecular weight is 339 g/mol. The van der Waals surface area contributed by atoms with E-state index >= 15 is 0 Å². The number of carbonyl (C=O) groups is 2. The molecule has 6 heteroatoms. The van der Waals surface area contributed by atoms with E-state index in [9.17, 15) is 9.59 Å². The lowest BCUT2D eigenvalue weighted by Crippen LogP contribution is -2.32. The maximum absolute atomic E-state index is 12.0. The Morgan fingerprint density at radius 3 is 2.67 bits per heavy atom. The number of anilines is 1. The van der Waals surface area contributed by atoms with E-state index in [1.54, 1.807) is 12.1 Å². The number of fused-ring (bicyclic) bond motifs is 1. The van der Waals surface area contributed by atoms with Crippen LogP contribution in [-0.2, 0) is 4.79 Å². The molecular weight excluding hydrogens is 322 g/mol. The van der Waals surface area contributed by atoms with Crippen molar-refractivity contribution in [1.29, 1.82) is 0 Å². The van der Waals surface area contributed by atoms with Crippen molar-refractivity contribution in [3.05, 3.63) is 59.2 Å². The average Bonchev–Trinajstić information content (AvgIpc) is 2.96. The normalized spacial score (nSPS) is 10.6. The molecule has 0 saturated heterocycles. The summed E-state index contributed by atoms with van der Waals surface area (Å²) in [6, 6.07) is 13.1. The number of amides is 2. The Morgan fingerprint density at radius 1 is 1.12 bits per heavy atom. The summed E-state index contributed by atoms with van der Waals surface area (Å²) in [5.41, 5.74) is 3.49. The maximum atomic E-state index is 12.0. The van der Waals surface area contributed by atoms with Gasteiger partial charge in [0.2, 0.25) is 5.91 Å². The predicted octanol–water partition coefficient (Wildman–Crippen LogP) is 3.28. The lowest BCUT2D eigenvalue weighted by Gasteiger charge is -2.05. The highest BCUT2D eigenvalue weighted by Gasteiger charge is 2.11.